The molecule has 1 unspecified atom stereocenters. The molecule has 1 atom stereocenters. The van der Waals surface area contributed by atoms with Gasteiger partial charge >= 0.3 is 0 Å². The number of hydrogen-bond acceptors (Lipinski definition) is 3. The normalized spacial score (nSPS) is 18.2. The molecule has 1 fully saturated rings. The Morgan fingerprint density at radius 2 is 2.15 bits per heavy atom. The van der Waals surface area contributed by atoms with Gasteiger partial charge in [-0.1, -0.05) is 48.0 Å². The van der Waals surface area contributed by atoms with Crippen LogP contribution in [0, 0.1) is 5.92 Å². The fourth-order valence-electron chi connectivity index (χ4n) is 2.98. The Morgan fingerprint density at radius 3 is 2.85 bits per heavy atom. The summed E-state index contributed by atoms with van der Waals surface area (Å²) in [7, 11) is 1.80. The average molecular weight is 426 g/mol. The first-order valence-electron chi connectivity index (χ1n) is 9.38. The summed E-state index contributed by atoms with van der Waals surface area (Å²) in [5.74, 6) is 1.41. The zero-order chi connectivity index (χ0) is 18.8. The number of guanidine groups is 1. The highest BCUT2D eigenvalue weighted by Gasteiger charge is 2.23. The van der Waals surface area contributed by atoms with Crippen molar-refractivity contribution in [3.8, 4) is 0 Å². The second-order valence-corrected chi connectivity index (χ2v) is 8.23. The summed E-state index contributed by atoms with van der Waals surface area (Å²) in [6, 6.07) is 8.36. The van der Waals surface area contributed by atoms with Crippen LogP contribution in [0.25, 0.3) is 0 Å². The summed E-state index contributed by atoms with van der Waals surface area (Å²) in [6.07, 6.45) is 2.09. The third kappa shape index (κ3) is 6.89. The number of benzene rings is 1. The number of nitrogens with zero attached hydrogens (tertiary/aromatic N) is 1. The molecule has 26 heavy (non-hydrogen) atoms. The van der Waals surface area contributed by atoms with Crippen LogP contribution in [0.5, 0.6) is 0 Å². The van der Waals surface area contributed by atoms with Crippen molar-refractivity contribution in [2.45, 2.75) is 32.1 Å². The Kier molecular flexibility index (Phi) is 8.88. The summed E-state index contributed by atoms with van der Waals surface area (Å²) >= 11 is 3.65. The predicted octanol–water partition coefficient (Wildman–Crippen LogP) is 3.33. The van der Waals surface area contributed by atoms with Crippen molar-refractivity contribution in [1.29, 1.82) is 0 Å². The number of aliphatic imine (C=N–C) groups is 1. The van der Waals surface area contributed by atoms with Gasteiger partial charge in [-0.2, -0.15) is 0 Å². The van der Waals surface area contributed by atoms with Crippen LogP contribution in [0.4, 0.5) is 0 Å². The second-order valence-electron chi connectivity index (χ2n) is 7.37. The van der Waals surface area contributed by atoms with Crippen molar-refractivity contribution in [3.63, 3.8) is 0 Å². The third-order valence-corrected chi connectivity index (χ3v) is 5.35. The van der Waals surface area contributed by atoms with E-state index in [0.29, 0.717) is 5.92 Å². The lowest BCUT2D eigenvalue weighted by atomic mass is 9.84. The van der Waals surface area contributed by atoms with Gasteiger partial charge in [-0.05, 0) is 24.5 Å². The predicted molar refractivity (Wildman–Crippen MR) is 111 cm³/mol. The molecular weight excluding hydrogens is 394 g/mol. The zero-order valence-electron chi connectivity index (χ0n) is 16.2. The van der Waals surface area contributed by atoms with Gasteiger partial charge in [0.2, 0.25) is 0 Å². The molecule has 5 nitrogen and oxygen atoms in total. The minimum absolute atomic E-state index is 0.00974. The van der Waals surface area contributed by atoms with Gasteiger partial charge in [0.15, 0.2) is 5.96 Å². The molecule has 0 bridgehead atoms. The standard InChI is InChI=1S/C20H32BrN3O2/c1-20(2,17-7-4-5-8-18(17)21)15-24-19(22-3)23-10-6-11-25-13-16-9-12-26-14-16/h4-5,7-8,16H,6,9-15H2,1-3H3,(H2,22,23,24). The Hall–Kier alpha value is -1.11. The van der Waals surface area contributed by atoms with Crippen LogP contribution in [0.2, 0.25) is 0 Å². The molecule has 2 rings (SSSR count). The molecule has 6 heteroatoms. The smallest absolute Gasteiger partial charge is 0.191 e. The van der Waals surface area contributed by atoms with Crippen LogP contribution >= 0.6 is 15.9 Å². The van der Waals surface area contributed by atoms with E-state index in [1.807, 2.05) is 6.07 Å². The van der Waals surface area contributed by atoms with E-state index in [1.54, 1.807) is 7.05 Å². The molecule has 0 aromatic heterocycles. The largest absolute Gasteiger partial charge is 0.381 e. The number of halogens is 1. The first-order valence-corrected chi connectivity index (χ1v) is 10.2. The van der Waals surface area contributed by atoms with Crippen molar-refractivity contribution in [3.05, 3.63) is 34.3 Å². The third-order valence-electron chi connectivity index (χ3n) is 4.66. The first kappa shape index (κ1) is 21.2. The summed E-state index contributed by atoms with van der Waals surface area (Å²) in [5, 5.41) is 6.79. The topological polar surface area (TPSA) is 54.9 Å². The molecule has 1 saturated heterocycles. The second kappa shape index (κ2) is 10.9. The fourth-order valence-corrected chi connectivity index (χ4v) is 3.80. The Labute approximate surface area is 166 Å². The van der Waals surface area contributed by atoms with Gasteiger partial charge in [0.05, 0.1) is 13.2 Å². The van der Waals surface area contributed by atoms with E-state index in [9.17, 15) is 0 Å². The van der Waals surface area contributed by atoms with E-state index in [4.69, 9.17) is 9.47 Å². The molecule has 1 aromatic rings. The van der Waals surface area contributed by atoms with Crippen LogP contribution in [-0.4, -0.2) is 52.5 Å². The number of nitrogens with one attached hydrogen (secondary N) is 2. The quantitative estimate of drug-likeness (QED) is 0.361. The number of rotatable bonds is 9. The zero-order valence-corrected chi connectivity index (χ0v) is 17.8. The van der Waals surface area contributed by atoms with Crippen LogP contribution < -0.4 is 10.6 Å². The van der Waals surface area contributed by atoms with Crippen LogP contribution in [-0.2, 0) is 14.9 Å². The Balaban J connectivity index is 1.65. The highest BCUT2D eigenvalue weighted by molar-refractivity contribution is 9.10. The molecule has 2 N–H and O–H groups in total. The maximum absolute atomic E-state index is 5.73. The highest BCUT2D eigenvalue weighted by Crippen LogP contribution is 2.29. The molecular formula is C20H32BrN3O2. The summed E-state index contributed by atoms with van der Waals surface area (Å²) in [5.41, 5.74) is 1.27. The van der Waals surface area contributed by atoms with Crippen LogP contribution in [0.15, 0.2) is 33.7 Å². The minimum atomic E-state index is -0.00974. The van der Waals surface area contributed by atoms with E-state index >= 15 is 0 Å². The molecule has 0 radical (unpaired) electrons. The Bertz CT molecular complexity index is 572. The van der Waals surface area contributed by atoms with Crippen LogP contribution in [0.1, 0.15) is 32.3 Å². The Morgan fingerprint density at radius 1 is 1.35 bits per heavy atom. The highest BCUT2D eigenvalue weighted by atomic mass is 79.9. The summed E-state index contributed by atoms with van der Waals surface area (Å²) in [4.78, 5) is 4.31. The van der Waals surface area contributed by atoms with Gasteiger partial charge in [0, 0.05) is 49.2 Å². The van der Waals surface area contributed by atoms with E-state index < -0.39 is 0 Å². The molecule has 0 aliphatic carbocycles. The van der Waals surface area contributed by atoms with E-state index in [1.165, 1.54) is 5.56 Å². The van der Waals surface area contributed by atoms with Gasteiger partial charge in [0.25, 0.3) is 0 Å². The fraction of sp³-hybridized carbons (Fsp3) is 0.650. The summed E-state index contributed by atoms with van der Waals surface area (Å²) < 4.78 is 12.2. The van der Waals surface area contributed by atoms with Gasteiger partial charge < -0.3 is 20.1 Å². The maximum Gasteiger partial charge on any atom is 0.191 e. The maximum atomic E-state index is 5.73. The van der Waals surface area contributed by atoms with E-state index in [2.05, 4.69) is 63.6 Å². The monoisotopic (exact) mass is 425 g/mol. The minimum Gasteiger partial charge on any atom is -0.381 e. The molecule has 0 spiro atoms. The molecule has 0 amide bonds. The molecule has 1 aliphatic rings. The molecule has 1 heterocycles. The van der Waals surface area contributed by atoms with Crippen LogP contribution in [0.3, 0.4) is 0 Å². The number of ether oxygens (including phenoxy) is 2. The molecule has 146 valence electrons. The van der Waals surface area contributed by atoms with Crippen molar-refractivity contribution >= 4 is 21.9 Å². The van der Waals surface area contributed by atoms with E-state index in [-0.39, 0.29) is 5.41 Å². The average Bonchev–Trinajstić information content (AvgIpc) is 3.14. The van der Waals surface area contributed by atoms with Gasteiger partial charge in [-0.3, -0.25) is 4.99 Å². The molecule has 1 aromatic carbocycles. The van der Waals surface area contributed by atoms with Crippen molar-refractivity contribution in [1.82, 2.24) is 10.6 Å². The lowest BCUT2D eigenvalue weighted by molar-refractivity contribution is 0.0888. The van der Waals surface area contributed by atoms with Gasteiger partial charge in [-0.15, -0.1) is 0 Å². The lowest BCUT2D eigenvalue weighted by Crippen LogP contribution is -2.44. The van der Waals surface area contributed by atoms with Gasteiger partial charge in [0.1, 0.15) is 0 Å². The van der Waals surface area contributed by atoms with Crippen molar-refractivity contribution < 1.29 is 9.47 Å². The lowest BCUT2D eigenvalue weighted by Gasteiger charge is -2.27. The number of hydrogen-bond donors (Lipinski definition) is 2. The molecule has 1 aliphatic heterocycles. The first-order chi connectivity index (χ1) is 12.5. The SMILES string of the molecule is CN=C(NCCCOCC1CCOC1)NCC(C)(C)c1ccccc1Br. The van der Waals surface area contributed by atoms with E-state index in [0.717, 1.165) is 62.8 Å². The van der Waals surface area contributed by atoms with Crippen molar-refractivity contribution in [2.24, 2.45) is 10.9 Å². The van der Waals surface area contributed by atoms with Crippen molar-refractivity contribution in [2.75, 3.05) is 46.6 Å². The molecule has 0 saturated carbocycles. The summed E-state index contributed by atoms with van der Waals surface area (Å²) in [6.45, 7) is 9.41. The van der Waals surface area contributed by atoms with Gasteiger partial charge in [-0.25, -0.2) is 0 Å².